The van der Waals surface area contributed by atoms with Crippen LogP contribution in [0.4, 0.5) is 0 Å². The smallest absolute Gasteiger partial charge is 0.259 e. The molecule has 3 heteroatoms. The Balaban J connectivity index is 2.61. The van der Waals surface area contributed by atoms with Crippen molar-refractivity contribution in [2.75, 3.05) is 0 Å². The van der Waals surface area contributed by atoms with Crippen LogP contribution in [-0.2, 0) is 6.54 Å². The zero-order valence-corrected chi connectivity index (χ0v) is 10.1. The molecule has 1 heterocycles. The van der Waals surface area contributed by atoms with Gasteiger partial charge in [0.25, 0.3) is 5.56 Å². The van der Waals surface area contributed by atoms with Gasteiger partial charge in [-0.15, -0.1) is 0 Å². The van der Waals surface area contributed by atoms with E-state index in [1.807, 2.05) is 31.2 Å². The molecule has 0 fully saturated rings. The van der Waals surface area contributed by atoms with Crippen molar-refractivity contribution in [1.82, 2.24) is 4.57 Å². The molecule has 0 atom stereocenters. The minimum absolute atomic E-state index is 0.0433. The number of nitrogens with two attached hydrogens (primary N) is 1. The van der Waals surface area contributed by atoms with Crippen molar-refractivity contribution in [3.8, 4) is 5.69 Å². The van der Waals surface area contributed by atoms with Crippen molar-refractivity contribution in [3.05, 3.63) is 63.6 Å². The van der Waals surface area contributed by atoms with Crippen LogP contribution in [0.25, 0.3) is 5.69 Å². The molecular formula is C14H16N2O. The number of hydrogen-bond donors (Lipinski definition) is 1. The van der Waals surface area contributed by atoms with Crippen LogP contribution in [0.5, 0.6) is 0 Å². The van der Waals surface area contributed by atoms with Crippen LogP contribution in [0.1, 0.15) is 16.7 Å². The van der Waals surface area contributed by atoms with Crippen LogP contribution >= 0.6 is 0 Å². The zero-order valence-electron chi connectivity index (χ0n) is 10.1. The molecule has 0 unspecified atom stereocenters. The third-order valence-corrected chi connectivity index (χ3v) is 3.01. The first-order chi connectivity index (χ1) is 8.13. The van der Waals surface area contributed by atoms with Gasteiger partial charge >= 0.3 is 0 Å². The van der Waals surface area contributed by atoms with E-state index in [2.05, 4.69) is 6.92 Å². The Morgan fingerprint density at radius 1 is 1.18 bits per heavy atom. The van der Waals surface area contributed by atoms with E-state index in [0.29, 0.717) is 5.56 Å². The number of pyridine rings is 1. The van der Waals surface area contributed by atoms with Crippen LogP contribution < -0.4 is 11.3 Å². The molecule has 17 heavy (non-hydrogen) atoms. The van der Waals surface area contributed by atoms with E-state index in [9.17, 15) is 4.79 Å². The molecule has 88 valence electrons. The number of nitrogens with zero attached hydrogens (tertiary/aromatic N) is 1. The van der Waals surface area contributed by atoms with E-state index < -0.39 is 0 Å². The van der Waals surface area contributed by atoms with Crippen LogP contribution in [-0.4, -0.2) is 4.57 Å². The van der Waals surface area contributed by atoms with Gasteiger partial charge in [0.1, 0.15) is 0 Å². The highest BCUT2D eigenvalue weighted by molar-refractivity contribution is 5.40. The summed E-state index contributed by atoms with van der Waals surface area (Å²) in [5, 5.41) is 0. The first kappa shape index (κ1) is 11.6. The first-order valence-corrected chi connectivity index (χ1v) is 5.61. The molecule has 2 rings (SSSR count). The maximum absolute atomic E-state index is 12.1. The molecule has 2 aromatic rings. The number of aryl methyl sites for hydroxylation is 2. The van der Waals surface area contributed by atoms with Crippen molar-refractivity contribution in [3.63, 3.8) is 0 Å². The minimum atomic E-state index is -0.0433. The summed E-state index contributed by atoms with van der Waals surface area (Å²) in [4.78, 5) is 12.1. The number of rotatable bonds is 2. The van der Waals surface area contributed by atoms with E-state index in [-0.39, 0.29) is 12.1 Å². The van der Waals surface area contributed by atoms with Gasteiger partial charge in [-0.25, -0.2) is 0 Å². The van der Waals surface area contributed by atoms with E-state index in [1.165, 1.54) is 11.1 Å². The summed E-state index contributed by atoms with van der Waals surface area (Å²) in [5.41, 5.74) is 9.40. The molecular weight excluding hydrogens is 212 g/mol. The number of hydrogen-bond acceptors (Lipinski definition) is 2. The molecule has 2 N–H and O–H groups in total. The predicted molar refractivity (Wildman–Crippen MR) is 69.4 cm³/mol. The van der Waals surface area contributed by atoms with Gasteiger partial charge in [0, 0.05) is 24.0 Å². The van der Waals surface area contributed by atoms with E-state index in [4.69, 9.17) is 5.73 Å². The highest BCUT2D eigenvalue weighted by atomic mass is 16.1. The predicted octanol–water partition coefficient (Wildman–Crippen LogP) is 1.91. The quantitative estimate of drug-likeness (QED) is 0.853. The fraction of sp³-hybridized carbons (Fsp3) is 0.214. The van der Waals surface area contributed by atoms with Crippen molar-refractivity contribution in [1.29, 1.82) is 0 Å². The Kier molecular flexibility index (Phi) is 3.11. The summed E-state index contributed by atoms with van der Waals surface area (Å²) in [6.45, 7) is 4.36. The second kappa shape index (κ2) is 4.55. The summed E-state index contributed by atoms with van der Waals surface area (Å²) in [5.74, 6) is 0. The van der Waals surface area contributed by atoms with Crippen LogP contribution in [0, 0.1) is 13.8 Å². The molecule has 3 nitrogen and oxygen atoms in total. The van der Waals surface area contributed by atoms with E-state index in [1.54, 1.807) is 16.8 Å². The van der Waals surface area contributed by atoms with E-state index in [0.717, 1.165) is 5.69 Å². The van der Waals surface area contributed by atoms with E-state index >= 15 is 0 Å². The maximum Gasteiger partial charge on any atom is 0.259 e. The Morgan fingerprint density at radius 3 is 2.59 bits per heavy atom. The average molecular weight is 228 g/mol. The highest BCUT2D eigenvalue weighted by Crippen LogP contribution is 2.12. The largest absolute Gasteiger partial charge is 0.326 e. The maximum atomic E-state index is 12.1. The number of aromatic nitrogens is 1. The Morgan fingerprint density at radius 2 is 1.94 bits per heavy atom. The van der Waals surface area contributed by atoms with Gasteiger partial charge in [0.2, 0.25) is 0 Å². The summed E-state index contributed by atoms with van der Waals surface area (Å²) in [6, 6.07) is 9.59. The van der Waals surface area contributed by atoms with Crippen molar-refractivity contribution >= 4 is 0 Å². The number of benzene rings is 1. The molecule has 0 aliphatic heterocycles. The molecule has 0 spiro atoms. The molecule has 0 aliphatic rings. The summed E-state index contributed by atoms with van der Waals surface area (Å²) < 4.78 is 1.63. The van der Waals surface area contributed by atoms with Crippen molar-refractivity contribution in [2.24, 2.45) is 5.73 Å². The standard InChI is InChI=1S/C14H16N2O/c1-10-5-6-13(8-11(10)2)16-7-3-4-12(9-15)14(16)17/h3-8H,9,15H2,1-2H3. The molecule has 1 aromatic heterocycles. The fourth-order valence-corrected chi connectivity index (χ4v) is 1.77. The lowest BCUT2D eigenvalue weighted by Crippen LogP contribution is -2.23. The molecule has 0 bridgehead atoms. The fourth-order valence-electron chi connectivity index (χ4n) is 1.77. The molecule has 0 aliphatic carbocycles. The molecule has 1 aromatic carbocycles. The zero-order chi connectivity index (χ0) is 12.4. The van der Waals surface area contributed by atoms with Crippen LogP contribution in [0.2, 0.25) is 0 Å². The monoisotopic (exact) mass is 228 g/mol. The molecule has 0 saturated heterocycles. The average Bonchev–Trinajstić information content (AvgIpc) is 2.33. The lowest BCUT2D eigenvalue weighted by molar-refractivity contribution is 0.923. The molecule has 0 radical (unpaired) electrons. The van der Waals surface area contributed by atoms with Crippen molar-refractivity contribution in [2.45, 2.75) is 20.4 Å². The van der Waals surface area contributed by atoms with Crippen molar-refractivity contribution < 1.29 is 0 Å². The van der Waals surface area contributed by atoms with Crippen LogP contribution in [0.3, 0.4) is 0 Å². The Hall–Kier alpha value is -1.87. The third-order valence-electron chi connectivity index (χ3n) is 3.01. The van der Waals surface area contributed by atoms with Gasteiger partial charge in [0.15, 0.2) is 0 Å². The van der Waals surface area contributed by atoms with Crippen LogP contribution in [0.15, 0.2) is 41.3 Å². The second-order valence-corrected chi connectivity index (χ2v) is 4.18. The normalized spacial score (nSPS) is 10.5. The third kappa shape index (κ3) is 2.15. The summed E-state index contributed by atoms with van der Waals surface area (Å²) in [7, 11) is 0. The highest BCUT2D eigenvalue weighted by Gasteiger charge is 2.04. The molecule has 0 amide bonds. The Labute approximate surface area is 101 Å². The first-order valence-electron chi connectivity index (χ1n) is 5.61. The lowest BCUT2D eigenvalue weighted by atomic mass is 10.1. The second-order valence-electron chi connectivity index (χ2n) is 4.18. The lowest BCUT2D eigenvalue weighted by Gasteiger charge is -2.09. The van der Waals surface area contributed by atoms with Gasteiger partial charge in [-0.05, 0) is 43.2 Å². The van der Waals surface area contributed by atoms with Gasteiger partial charge in [-0.3, -0.25) is 9.36 Å². The van der Waals surface area contributed by atoms with Gasteiger partial charge in [-0.2, -0.15) is 0 Å². The minimum Gasteiger partial charge on any atom is -0.326 e. The van der Waals surface area contributed by atoms with Gasteiger partial charge < -0.3 is 5.73 Å². The topological polar surface area (TPSA) is 48.0 Å². The Bertz CT molecular complexity index is 599. The summed E-state index contributed by atoms with van der Waals surface area (Å²) in [6.07, 6.45) is 1.77. The summed E-state index contributed by atoms with van der Waals surface area (Å²) >= 11 is 0. The molecule has 0 saturated carbocycles. The van der Waals surface area contributed by atoms with Gasteiger partial charge in [-0.1, -0.05) is 12.1 Å². The SMILES string of the molecule is Cc1ccc(-n2cccc(CN)c2=O)cc1C. The van der Waals surface area contributed by atoms with Gasteiger partial charge in [0.05, 0.1) is 0 Å².